The van der Waals surface area contributed by atoms with Crippen molar-refractivity contribution in [3.63, 3.8) is 0 Å². The summed E-state index contributed by atoms with van der Waals surface area (Å²) in [6.07, 6.45) is 4.85. The van der Waals surface area contributed by atoms with Crippen LogP contribution in [0.5, 0.6) is 5.75 Å². The maximum absolute atomic E-state index is 10.8. The summed E-state index contributed by atoms with van der Waals surface area (Å²) in [5.41, 5.74) is 3.37. The Bertz CT molecular complexity index is 480. The van der Waals surface area contributed by atoms with Gasteiger partial charge in [-0.05, 0) is 62.0 Å². The van der Waals surface area contributed by atoms with Gasteiger partial charge in [-0.3, -0.25) is 0 Å². The number of benzene rings is 1. The fourth-order valence-electron chi connectivity index (χ4n) is 4.23. The maximum Gasteiger partial charge on any atom is 0.127 e. The molecule has 3 rings (SSSR count). The number of aryl methyl sites for hydroxylation is 1. The second-order valence-electron chi connectivity index (χ2n) is 6.41. The van der Waals surface area contributed by atoms with Gasteiger partial charge in [0.05, 0.1) is 13.2 Å². The van der Waals surface area contributed by atoms with Crippen LogP contribution in [0.15, 0.2) is 12.1 Å². The highest BCUT2D eigenvalue weighted by molar-refractivity contribution is 5.46. The molecular weight excluding hydrogens is 236 g/mol. The molecule has 0 heterocycles. The van der Waals surface area contributed by atoms with E-state index < -0.39 is 0 Å². The first-order valence-corrected chi connectivity index (χ1v) is 7.44. The first-order chi connectivity index (χ1) is 9.11. The Hall–Kier alpha value is -1.02. The van der Waals surface area contributed by atoms with Gasteiger partial charge >= 0.3 is 0 Å². The number of methoxy groups -OCH3 is 1. The molecule has 4 unspecified atom stereocenters. The minimum atomic E-state index is -0.357. The van der Waals surface area contributed by atoms with Crippen LogP contribution in [0.3, 0.4) is 0 Å². The first-order valence-electron chi connectivity index (χ1n) is 7.44. The Morgan fingerprint density at radius 1 is 1.21 bits per heavy atom. The van der Waals surface area contributed by atoms with Crippen molar-refractivity contribution in [3.05, 3.63) is 28.8 Å². The van der Waals surface area contributed by atoms with Gasteiger partial charge in [0, 0.05) is 5.56 Å². The topological polar surface area (TPSA) is 29.5 Å². The Morgan fingerprint density at radius 3 is 2.58 bits per heavy atom. The molecule has 104 valence electrons. The monoisotopic (exact) mass is 260 g/mol. The quantitative estimate of drug-likeness (QED) is 0.896. The third-order valence-corrected chi connectivity index (χ3v) is 5.43. The fourth-order valence-corrected chi connectivity index (χ4v) is 4.23. The third-order valence-electron chi connectivity index (χ3n) is 5.43. The molecule has 4 atom stereocenters. The SMILES string of the molecule is COc1c(C(O)C2CC3CCC2C3)ccc(C)c1C. The second kappa shape index (κ2) is 4.82. The summed E-state index contributed by atoms with van der Waals surface area (Å²) >= 11 is 0. The van der Waals surface area contributed by atoms with E-state index in [0.717, 1.165) is 28.7 Å². The van der Waals surface area contributed by atoms with Crippen LogP contribution in [0.4, 0.5) is 0 Å². The normalized spacial score (nSPS) is 30.6. The predicted octanol–water partition coefficient (Wildman–Crippen LogP) is 3.78. The van der Waals surface area contributed by atoms with E-state index in [1.807, 2.05) is 0 Å². The zero-order valence-corrected chi connectivity index (χ0v) is 12.1. The molecule has 1 N–H and O–H groups in total. The average Bonchev–Trinajstić information content (AvgIpc) is 3.03. The molecule has 2 saturated carbocycles. The highest BCUT2D eigenvalue weighted by Gasteiger charge is 2.43. The average molecular weight is 260 g/mol. The molecule has 0 saturated heterocycles. The van der Waals surface area contributed by atoms with Crippen molar-refractivity contribution in [2.75, 3.05) is 7.11 Å². The predicted molar refractivity (Wildman–Crippen MR) is 76.4 cm³/mol. The summed E-state index contributed by atoms with van der Waals surface area (Å²) in [6, 6.07) is 4.15. The first kappa shape index (κ1) is 13.0. The van der Waals surface area contributed by atoms with Gasteiger partial charge < -0.3 is 9.84 Å². The summed E-state index contributed by atoms with van der Waals surface area (Å²) in [7, 11) is 1.71. The molecular formula is C17H24O2. The second-order valence-corrected chi connectivity index (χ2v) is 6.41. The highest BCUT2D eigenvalue weighted by atomic mass is 16.5. The van der Waals surface area contributed by atoms with Gasteiger partial charge in [0.2, 0.25) is 0 Å². The maximum atomic E-state index is 10.8. The van der Waals surface area contributed by atoms with Gasteiger partial charge in [0.15, 0.2) is 0 Å². The van der Waals surface area contributed by atoms with Crippen LogP contribution in [0, 0.1) is 31.6 Å². The van der Waals surface area contributed by atoms with Crippen molar-refractivity contribution in [3.8, 4) is 5.75 Å². The lowest BCUT2D eigenvalue weighted by Crippen LogP contribution is -2.20. The van der Waals surface area contributed by atoms with E-state index in [-0.39, 0.29) is 6.10 Å². The van der Waals surface area contributed by atoms with Crippen molar-refractivity contribution in [2.45, 2.75) is 45.6 Å². The van der Waals surface area contributed by atoms with Crippen LogP contribution >= 0.6 is 0 Å². The van der Waals surface area contributed by atoms with Crippen molar-refractivity contribution in [1.29, 1.82) is 0 Å². The lowest BCUT2D eigenvalue weighted by molar-refractivity contribution is 0.0722. The molecule has 2 aliphatic rings. The molecule has 0 radical (unpaired) electrons. The van der Waals surface area contributed by atoms with E-state index in [2.05, 4.69) is 26.0 Å². The molecule has 19 heavy (non-hydrogen) atoms. The number of aliphatic hydroxyl groups excluding tert-OH is 1. The van der Waals surface area contributed by atoms with Crippen molar-refractivity contribution in [1.82, 2.24) is 0 Å². The molecule has 2 nitrogen and oxygen atoms in total. The third kappa shape index (κ3) is 2.06. The van der Waals surface area contributed by atoms with Gasteiger partial charge in [0.1, 0.15) is 5.75 Å². The Kier molecular flexibility index (Phi) is 3.30. The van der Waals surface area contributed by atoms with E-state index in [1.165, 1.54) is 31.2 Å². The fraction of sp³-hybridized carbons (Fsp3) is 0.647. The molecule has 1 aromatic carbocycles. The largest absolute Gasteiger partial charge is 0.496 e. The number of ether oxygens (including phenoxy) is 1. The lowest BCUT2D eigenvalue weighted by atomic mass is 9.81. The number of rotatable bonds is 3. The van der Waals surface area contributed by atoms with E-state index in [0.29, 0.717) is 5.92 Å². The number of hydrogen-bond donors (Lipinski definition) is 1. The molecule has 0 spiro atoms. The summed E-state index contributed by atoms with van der Waals surface area (Å²) in [6.45, 7) is 4.16. The van der Waals surface area contributed by atoms with Crippen molar-refractivity contribution >= 4 is 0 Å². The summed E-state index contributed by atoms with van der Waals surface area (Å²) in [5, 5.41) is 10.8. The van der Waals surface area contributed by atoms with E-state index in [4.69, 9.17) is 4.74 Å². The van der Waals surface area contributed by atoms with Crippen LogP contribution in [0.25, 0.3) is 0 Å². The zero-order valence-electron chi connectivity index (χ0n) is 12.1. The smallest absolute Gasteiger partial charge is 0.127 e. The van der Waals surface area contributed by atoms with Gasteiger partial charge in [0.25, 0.3) is 0 Å². The van der Waals surface area contributed by atoms with Crippen LogP contribution in [-0.4, -0.2) is 12.2 Å². The van der Waals surface area contributed by atoms with Gasteiger partial charge in [-0.1, -0.05) is 18.6 Å². The van der Waals surface area contributed by atoms with Gasteiger partial charge in [-0.25, -0.2) is 0 Å². The number of fused-ring (bicyclic) bond motifs is 2. The molecule has 2 bridgehead atoms. The lowest BCUT2D eigenvalue weighted by Gasteiger charge is -2.28. The van der Waals surface area contributed by atoms with E-state index >= 15 is 0 Å². The number of hydrogen-bond acceptors (Lipinski definition) is 2. The van der Waals surface area contributed by atoms with Crippen molar-refractivity contribution < 1.29 is 9.84 Å². The summed E-state index contributed by atoms with van der Waals surface area (Å²) in [4.78, 5) is 0. The summed E-state index contributed by atoms with van der Waals surface area (Å²) in [5.74, 6) is 2.92. The number of aliphatic hydroxyl groups is 1. The molecule has 0 aromatic heterocycles. The highest BCUT2D eigenvalue weighted by Crippen LogP contribution is 2.53. The molecule has 2 heteroatoms. The Morgan fingerprint density at radius 2 is 2.00 bits per heavy atom. The van der Waals surface area contributed by atoms with E-state index in [1.54, 1.807) is 7.11 Å². The Balaban J connectivity index is 1.91. The van der Waals surface area contributed by atoms with Gasteiger partial charge in [-0.2, -0.15) is 0 Å². The molecule has 2 fully saturated rings. The molecule has 0 aliphatic heterocycles. The zero-order chi connectivity index (χ0) is 13.6. The standard InChI is InChI=1S/C17H24O2/c1-10-4-7-14(17(19-3)11(10)2)16(18)15-9-12-5-6-13(15)8-12/h4,7,12-13,15-16,18H,5-6,8-9H2,1-3H3. The van der Waals surface area contributed by atoms with Crippen LogP contribution in [0.2, 0.25) is 0 Å². The van der Waals surface area contributed by atoms with Crippen LogP contribution in [-0.2, 0) is 0 Å². The molecule has 0 amide bonds. The minimum Gasteiger partial charge on any atom is -0.496 e. The molecule has 2 aliphatic carbocycles. The van der Waals surface area contributed by atoms with Crippen LogP contribution in [0.1, 0.15) is 48.5 Å². The van der Waals surface area contributed by atoms with Crippen LogP contribution < -0.4 is 4.74 Å². The van der Waals surface area contributed by atoms with Gasteiger partial charge in [-0.15, -0.1) is 0 Å². The minimum absolute atomic E-state index is 0.357. The molecule has 1 aromatic rings. The Labute approximate surface area is 115 Å². The van der Waals surface area contributed by atoms with Crippen molar-refractivity contribution in [2.24, 2.45) is 17.8 Å². The van der Waals surface area contributed by atoms with E-state index in [9.17, 15) is 5.11 Å². The summed E-state index contributed by atoms with van der Waals surface area (Å²) < 4.78 is 5.56.